The number of benzene rings is 1. The van der Waals surface area contributed by atoms with E-state index in [1.807, 2.05) is 0 Å². The van der Waals surface area contributed by atoms with E-state index in [0.717, 1.165) is 37.8 Å². The lowest BCUT2D eigenvalue weighted by atomic mass is 9.71. The van der Waals surface area contributed by atoms with Gasteiger partial charge in [0.05, 0.1) is 5.60 Å². The predicted octanol–water partition coefficient (Wildman–Crippen LogP) is 2.73. The van der Waals surface area contributed by atoms with Crippen molar-refractivity contribution in [3.05, 3.63) is 35.4 Å². The quantitative estimate of drug-likeness (QED) is 0.865. The van der Waals surface area contributed by atoms with Crippen LogP contribution in [0.5, 0.6) is 0 Å². The Morgan fingerprint density at radius 2 is 2.05 bits per heavy atom. The monoisotopic (exact) mass is 295 g/mol. The molecule has 0 spiro atoms. The minimum atomic E-state index is -1.01. The number of amides is 1. The van der Waals surface area contributed by atoms with Crippen LogP contribution in [-0.4, -0.2) is 34.6 Å². The van der Waals surface area contributed by atoms with Crippen LogP contribution in [0.2, 0.25) is 0 Å². The fourth-order valence-corrected chi connectivity index (χ4v) is 3.57. The number of fused-ring (bicyclic) bond motifs is 1. The molecule has 1 amide bonds. The Labute approximate surface area is 122 Å². The summed E-state index contributed by atoms with van der Waals surface area (Å²) in [6, 6.07) is 3.23. The molecule has 2 unspecified atom stereocenters. The maximum atomic E-state index is 13.3. The van der Waals surface area contributed by atoms with E-state index in [-0.39, 0.29) is 17.4 Å². The van der Waals surface area contributed by atoms with Crippen molar-refractivity contribution in [2.45, 2.75) is 37.7 Å². The highest BCUT2D eigenvalue weighted by Gasteiger charge is 2.43. The normalized spacial score (nSPS) is 29.1. The van der Waals surface area contributed by atoms with Crippen LogP contribution >= 0.6 is 0 Å². The molecule has 21 heavy (non-hydrogen) atoms. The molecule has 1 aromatic carbocycles. The number of nitrogens with zero attached hydrogens (tertiary/aromatic N) is 1. The minimum Gasteiger partial charge on any atom is -0.389 e. The van der Waals surface area contributed by atoms with Crippen molar-refractivity contribution in [1.82, 2.24) is 4.90 Å². The number of likely N-dealkylation sites (tertiary alicyclic amines) is 1. The van der Waals surface area contributed by atoms with E-state index in [2.05, 4.69) is 0 Å². The van der Waals surface area contributed by atoms with Crippen LogP contribution in [0.1, 0.15) is 42.5 Å². The molecule has 3 nitrogen and oxygen atoms in total. The molecule has 2 aliphatic rings. The van der Waals surface area contributed by atoms with E-state index < -0.39 is 17.2 Å². The van der Waals surface area contributed by atoms with Gasteiger partial charge in [-0.3, -0.25) is 4.79 Å². The first-order valence-electron chi connectivity index (χ1n) is 7.46. The van der Waals surface area contributed by atoms with E-state index in [9.17, 15) is 18.7 Å². The molecular formula is C16H19F2NO2. The number of hydrogen-bond donors (Lipinski definition) is 1. The topological polar surface area (TPSA) is 40.5 Å². The van der Waals surface area contributed by atoms with Gasteiger partial charge in [-0.1, -0.05) is 12.8 Å². The Balaban J connectivity index is 1.75. The first kappa shape index (κ1) is 14.4. The van der Waals surface area contributed by atoms with Crippen molar-refractivity contribution in [3.8, 4) is 0 Å². The van der Waals surface area contributed by atoms with E-state index in [0.29, 0.717) is 19.5 Å². The summed E-state index contributed by atoms with van der Waals surface area (Å²) >= 11 is 0. The largest absolute Gasteiger partial charge is 0.389 e. The maximum Gasteiger partial charge on any atom is 0.253 e. The molecule has 2 atom stereocenters. The Morgan fingerprint density at radius 3 is 2.81 bits per heavy atom. The molecule has 5 heteroatoms. The first-order chi connectivity index (χ1) is 9.99. The Bertz CT molecular complexity index is 563. The number of piperidine rings is 1. The summed E-state index contributed by atoms with van der Waals surface area (Å²) in [6.07, 6.45) is 4.38. The van der Waals surface area contributed by atoms with E-state index in [1.54, 1.807) is 4.90 Å². The fraction of sp³-hybridized carbons (Fsp3) is 0.562. The minimum absolute atomic E-state index is 0.0919. The summed E-state index contributed by atoms with van der Waals surface area (Å²) in [5.41, 5.74) is -0.488. The Hall–Kier alpha value is -1.49. The second-order valence-corrected chi connectivity index (χ2v) is 6.18. The van der Waals surface area contributed by atoms with Gasteiger partial charge in [0, 0.05) is 24.6 Å². The zero-order chi connectivity index (χ0) is 15.0. The molecule has 0 aromatic heterocycles. The lowest BCUT2D eigenvalue weighted by molar-refractivity contribution is -0.0886. The molecule has 0 bridgehead atoms. The molecule has 0 radical (unpaired) electrons. The van der Waals surface area contributed by atoms with Gasteiger partial charge in [0.1, 0.15) is 0 Å². The van der Waals surface area contributed by atoms with Gasteiger partial charge in [0.25, 0.3) is 5.91 Å². The third kappa shape index (κ3) is 2.67. The van der Waals surface area contributed by atoms with Crippen molar-refractivity contribution in [2.75, 3.05) is 13.1 Å². The molecule has 3 rings (SSSR count). The van der Waals surface area contributed by atoms with Gasteiger partial charge in [-0.15, -0.1) is 0 Å². The molecule has 1 aliphatic heterocycles. The molecule has 1 N–H and O–H groups in total. The van der Waals surface area contributed by atoms with Gasteiger partial charge in [-0.2, -0.15) is 0 Å². The second-order valence-electron chi connectivity index (χ2n) is 6.18. The lowest BCUT2D eigenvalue weighted by Gasteiger charge is -2.47. The van der Waals surface area contributed by atoms with Crippen LogP contribution < -0.4 is 0 Å². The number of aliphatic hydroxyl groups is 1. The molecule has 1 aromatic rings. The maximum absolute atomic E-state index is 13.3. The van der Waals surface area contributed by atoms with Gasteiger partial charge in [-0.25, -0.2) is 8.78 Å². The highest BCUT2D eigenvalue weighted by atomic mass is 19.2. The Kier molecular flexibility index (Phi) is 3.69. The number of carbonyl (C=O) groups excluding carboxylic acids is 1. The third-order valence-corrected chi connectivity index (χ3v) is 4.88. The SMILES string of the molecule is O=C(c1ccc(F)c(F)c1)N1CCC2(O)CCCCC2C1. The summed E-state index contributed by atoms with van der Waals surface area (Å²) in [6.45, 7) is 0.957. The second kappa shape index (κ2) is 5.37. The standard InChI is InChI=1S/C16H19F2NO2/c17-13-5-4-11(9-14(13)18)15(20)19-8-7-16(21)6-2-1-3-12(16)10-19/h4-5,9,12,21H,1-3,6-8,10H2. The first-order valence-corrected chi connectivity index (χ1v) is 7.46. The van der Waals surface area contributed by atoms with Crippen LogP contribution in [0, 0.1) is 17.6 Å². The van der Waals surface area contributed by atoms with E-state index >= 15 is 0 Å². The predicted molar refractivity (Wildman–Crippen MR) is 73.8 cm³/mol. The van der Waals surface area contributed by atoms with Gasteiger partial charge < -0.3 is 10.0 Å². The number of halogens is 2. The highest BCUT2D eigenvalue weighted by Crippen LogP contribution is 2.40. The smallest absolute Gasteiger partial charge is 0.253 e. The average Bonchev–Trinajstić information content (AvgIpc) is 2.48. The molecule has 114 valence electrons. The average molecular weight is 295 g/mol. The van der Waals surface area contributed by atoms with Crippen LogP contribution in [-0.2, 0) is 0 Å². The Morgan fingerprint density at radius 1 is 1.24 bits per heavy atom. The van der Waals surface area contributed by atoms with Crippen LogP contribution in [0.15, 0.2) is 18.2 Å². The summed E-state index contributed by atoms with van der Waals surface area (Å²) < 4.78 is 26.2. The van der Waals surface area contributed by atoms with Crippen molar-refractivity contribution in [2.24, 2.45) is 5.92 Å². The summed E-state index contributed by atoms with van der Waals surface area (Å²) in [4.78, 5) is 14.0. The van der Waals surface area contributed by atoms with E-state index in [1.165, 1.54) is 6.07 Å². The van der Waals surface area contributed by atoms with Crippen molar-refractivity contribution < 1.29 is 18.7 Å². The molecule has 1 saturated carbocycles. The van der Waals surface area contributed by atoms with Crippen LogP contribution in [0.4, 0.5) is 8.78 Å². The molecule has 1 aliphatic carbocycles. The fourth-order valence-electron chi connectivity index (χ4n) is 3.57. The van der Waals surface area contributed by atoms with Crippen molar-refractivity contribution in [1.29, 1.82) is 0 Å². The number of hydrogen-bond acceptors (Lipinski definition) is 2. The third-order valence-electron chi connectivity index (χ3n) is 4.88. The van der Waals surface area contributed by atoms with Gasteiger partial charge in [0.15, 0.2) is 11.6 Å². The van der Waals surface area contributed by atoms with Gasteiger partial charge in [0.2, 0.25) is 0 Å². The lowest BCUT2D eigenvalue weighted by Crippen LogP contribution is -2.54. The highest BCUT2D eigenvalue weighted by molar-refractivity contribution is 5.94. The van der Waals surface area contributed by atoms with Gasteiger partial charge in [-0.05, 0) is 37.5 Å². The molecule has 2 fully saturated rings. The zero-order valence-electron chi connectivity index (χ0n) is 11.8. The van der Waals surface area contributed by atoms with E-state index in [4.69, 9.17) is 0 Å². The van der Waals surface area contributed by atoms with Crippen molar-refractivity contribution >= 4 is 5.91 Å². The summed E-state index contributed by atoms with van der Waals surface area (Å²) in [7, 11) is 0. The summed E-state index contributed by atoms with van der Waals surface area (Å²) in [5.74, 6) is -2.16. The van der Waals surface area contributed by atoms with Crippen LogP contribution in [0.25, 0.3) is 0 Å². The molecular weight excluding hydrogens is 276 g/mol. The number of rotatable bonds is 1. The van der Waals surface area contributed by atoms with Crippen LogP contribution in [0.3, 0.4) is 0 Å². The zero-order valence-corrected chi connectivity index (χ0v) is 11.8. The molecule has 1 saturated heterocycles. The van der Waals surface area contributed by atoms with Gasteiger partial charge >= 0.3 is 0 Å². The molecule has 1 heterocycles. The number of carbonyl (C=O) groups is 1. The van der Waals surface area contributed by atoms with Crippen molar-refractivity contribution in [3.63, 3.8) is 0 Å². The summed E-state index contributed by atoms with van der Waals surface area (Å²) in [5, 5.41) is 10.6.